The van der Waals surface area contributed by atoms with Crippen molar-refractivity contribution in [2.75, 3.05) is 0 Å². The van der Waals surface area contributed by atoms with E-state index < -0.39 is 0 Å². The van der Waals surface area contributed by atoms with Gasteiger partial charge in [-0.3, -0.25) is 0 Å². The van der Waals surface area contributed by atoms with Crippen LogP contribution in [0.5, 0.6) is 0 Å². The second kappa shape index (κ2) is 4.78. The first-order valence-electron chi connectivity index (χ1n) is 8.92. The van der Waals surface area contributed by atoms with Crippen LogP contribution < -0.4 is 0 Å². The molecule has 0 aromatic heterocycles. The summed E-state index contributed by atoms with van der Waals surface area (Å²) < 4.78 is 0. The summed E-state index contributed by atoms with van der Waals surface area (Å²) in [6.45, 7) is 10.2. The van der Waals surface area contributed by atoms with E-state index >= 15 is 0 Å². The summed E-state index contributed by atoms with van der Waals surface area (Å²) in [5.41, 5.74) is 1.38. The first kappa shape index (κ1) is 14.0. The van der Waals surface area contributed by atoms with E-state index in [1.807, 2.05) is 0 Å². The maximum atomic E-state index is 2.61. The zero-order chi connectivity index (χ0) is 13.7. The molecular weight excluding hydrogens is 228 g/mol. The van der Waals surface area contributed by atoms with Crippen molar-refractivity contribution in [2.24, 2.45) is 34.5 Å². The maximum absolute atomic E-state index is 2.61. The topological polar surface area (TPSA) is 0 Å². The van der Waals surface area contributed by atoms with Crippen LogP contribution in [0.1, 0.15) is 85.5 Å². The molecule has 3 fully saturated rings. The number of hydrogen-bond acceptors (Lipinski definition) is 0. The highest BCUT2D eigenvalue weighted by Crippen LogP contribution is 2.70. The van der Waals surface area contributed by atoms with E-state index in [2.05, 4.69) is 27.7 Å². The van der Waals surface area contributed by atoms with Gasteiger partial charge in [0, 0.05) is 0 Å². The molecule has 110 valence electrons. The lowest BCUT2D eigenvalue weighted by molar-refractivity contribution is 0.127. The van der Waals surface area contributed by atoms with Gasteiger partial charge in [0.05, 0.1) is 0 Å². The average molecular weight is 262 g/mol. The minimum Gasteiger partial charge on any atom is -0.0625 e. The predicted octanol–water partition coefficient (Wildman–Crippen LogP) is 6.06. The maximum Gasteiger partial charge on any atom is -0.0264 e. The van der Waals surface area contributed by atoms with E-state index in [1.165, 1.54) is 38.5 Å². The summed E-state index contributed by atoms with van der Waals surface area (Å²) >= 11 is 0. The molecule has 3 saturated carbocycles. The molecule has 0 saturated heterocycles. The molecule has 5 unspecified atom stereocenters. The van der Waals surface area contributed by atoms with Gasteiger partial charge in [-0.05, 0) is 66.6 Å². The monoisotopic (exact) mass is 262 g/mol. The summed E-state index contributed by atoms with van der Waals surface area (Å²) in [4.78, 5) is 0. The van der Waals surface area contributed by atoms with Crippen LogP contribution in [-0.2, 0) is 0 Å². The lowest BCUT2D eigenvalue weighted by Crippen LogP contribution is -2.27. The van der Waals surface area contributed by atoms with Crippen LogP contribution in [0.3, 0.4) is 0 Å². The van der Waals surface area contributed by atoms with Gasteiger partial charge in [0.2, 0.25) is 0 Å². The molecule has 0 spiro atoms. The van der Waals surface area contributed by atoms with Gasteiger partial charge < -0.3 is 0 Å². The Hall–Kier alpha value is 0. The van der Waals surface area contributed by atoms with E-state index in [0.29, 0.717) is 10.8 Å². The second-order valence-electron chi connectivity index (χ2n) is 9.18. The van der Waals surface area contributed by atoms with Gasteiger partial charge >= 0.3 is 0 Å². The highest BCUT2D eigenvalue weighted by molar-refractivity contribution is 5.10. The number of rotatable bonds is 1. The molecule has 3 rings (SSSR count). The van der Waals surface area contributed by atoms with Crippen molar-refractivity contribution in [3.05, 3.63) is 0 Å². The normalized spacial score (nSPS) is 52.1. The van der Waals surface area contributed by atoms with Crippen molar-refractivity contribution in [2.45, 2.75) is 85.5 Å². The summed E-state index contributed by atoms with van der Waals surface area (Å²) in [5, 5.41) is 0. The molecule has 3 aliphatic carbocycles. The van der Waals surface area contributed by atoms with Crippen LogP contribution >= 0.6 is 0 Å². The quantitative estimate of drug-likeness (QED) is 0.539. The van der Waals surface area contributed by atoms with Crippen LogP contribution in [0.4, 0.5) is 0 Å². The Bertz CT molecular complexity index is 329. The van der Waals surface area contributed by atoms with E-state index in [4.69, 9.17) is 0 Å². The van der Waals surface area contributed by atoms with Crippen LogP contribution in [0, 0.1) is 34.5 Å². The molecule has 0 radical (unpaired) electrons. The SMILES string of the molecule is CC1CCC(C2CCC2)CC2(C)CC2(C)CC(C)C1. The van der Waals surface area contributed by atoms with Crippen LogP contribution in [-0.4, -0.2) is 0 Å². The minimum atomic E-state index is 0.686. The molecule has 0 nitrogen and oxygen atoms in total. The third kappa shape index (κ3) is 2.61. The molecule has 3 aliphatic rings. The highest BCUT2D eigenvalue weighted by atomic mass is 14.7. The third-order valence-corrected chi connectivity index (χ3v) is 7.28. The minimum absolute atomic E-state index is 0.686. The van der Waals surface area contributed by atoms with E-state index in [9.17, 15) is 0 Å². The van der Waals surface area contributed by atoms with Crippen molar-refractivity contribution >= 4 is 0 Å². The Labute approximate surface area is 120 Å². The molecule has 0 bridgehead atoms. The Morgan fingerprint density at radius 1 is 0.737 bits per heavy atom. The summed E-state index contributed by atoms with van der Waals surface area (Å²) in [6.07, 6.45) is 13.7. The zero-order valence-corrected chi connectivity index (χ0v) is 13.7. The van der Waals surface area contributed by atoms with Crippen molar-refractivity contribution in [3.8, 4) is 0 Å². The molecular formula is C19H34. The van der Waals surface area contributed by atoms with E-state index in [0.717, 1.165) is 23.7 Å². The van der Waals surface area contributed by atoms with Gasteiger partial charge in [-0.15, -0.1) is 0 Å². The molecule has 0 amide bonds. The zero-order valence-electron chi connectivity index (χ0n) is 13.7. The second-order valence-corrected chi connectivity index (χ2v) is 9.18. The molecule has 0 aromatic carbocycles. The Balaban J connectivity index is 1.72. The Morgan fingerprint density at radius 2 is 1.42 bits per heavy atom. The first-order chi connectivity index (χ1) is 8.92. The molecule has 0 heterocycles. The fourth-order valence-corrected chi connectivity index (χ4v) is 5.60. The van der Waals surface area contributed by atoms with Gasteiger partial charge in [0.1, 0.15) is 0 Å². The molecule has 0 aromatic rings. The highest BCUT2D eigenvalue weighted by Gasteiger charge is 2.61. The summed E-state index contributed by atoms with van der Waals surface area (Å²) in [7, 11) is 0. The van der Waals surface area contributed by atoms with Crippen molar-refractivity contribution in [1.82, 2.24) is 0 Å². The van der Waals surface area contributed by atoms with Crippen molar-refractivity contribution in [3.63, 3.8) is 0 Å². The van der Waals surface area contributed by atoms with Gasteiger partial charge in [0.15, 0.2) is 0 Å². The van der Waals surface area contributed by atoms with Crippen LogP contribution in [0.15, 0.2) is 0 Å². The van der Waals surface area contributed by atoms with Gasteiger partial charge in [-0.25, -0.2) is 0 Å². The fraction of sp³-hybridized carbons (Fsp3) is 1.00. The predicted molar refractivity (Wildman–Crippen MR) is 83.1 cm³/mol. The van der Waals surface area contributed by atoms with Gasteiger partial charge in [0.25, 0.3) is 0 Å². The average Bonchev–Trinajstić information content (AvgIpc) is 2.72. The third-order valence-electron chi connectivity index (χ3n) is 7.28. The summed E-state index contributed by atoms with van der Waals surface area (Å²) in [6, 6.07) is 0. The Morgan fingerprint density at radius 3 is 2.05 bits per heavy atom. The first-order valence-corrected chi connectivity index (χ1v) is 8.92. The smallest absolute Gasteiger partial charge is 0.0264 e. The van der Waals surface area contributed by atoms with Crippen molar-refractivity contribution in [1.29, 1.82) is 0 Å². The number of hydrogen-bond donors (Lipinski definition) is 0. The Kier molecular flexibility index (Phi) is 3.51. The lowest BCUT2D eigenvalue weighted by Gasteiger charge is -2.38. The molecule has 0 N–H and O–H groups in total. The van der Waals surface area contributed by atoms with Crippen LogP contribution in [0.25, 0.3) is 0 Å². The molecule has 0 heteroatoms. The lowest BCUT2D eigenvalue weighted by atomic mass is 9.67. The van der Waals surface area contributed by atoms with Crippen molar-refractivity contribution < 1.29 is 0 Å². The molecule has 19 heavy (non-hydrogen) atoms. The number of fused-ring (bicyclic) bond motifs is 1. The molecule has 5 atom stereocenters. The standard InChI is InChI=1S/C19H34/c1-14-8-9-17(16-6-5-7-16)12-19(4)13-18(19,3)11-15(2)10-14/h14-17H,5-13H2,1-4H3. The van der Waals surface area contributed by atoms with E-state index in [1.54, 1.807) is 19.3 Å². The summed E-state index contributed by atoms with van der Waals surface area (Å²) in [5.74, 6) is 4.08. The van der Waals surface area contributed by atoms with E-state index in [-0.39, 0.29) is 0 Å². The van der Waals surface area contributed by atoms with Crippen LogP contribution in [0.2, 0.25) is 0 Å². The molecule has 0 aliphatic heterocycles. The fourth-order valence-electron chi connectivity index (χ4n) is 5.60. The largest absolute Gasteiger partial charge is 0.0625 e. The van der Waals surface area contributed by atoms with Gasteiger partial charge in [-0.1, -0.05) is 53.4 Å². The van der Waals surface area contributed by atoms with Gasteiger partial charge in [-0.2, -0.15) is 0 Å².